The largest absolute Gasteiger partial charge is 0.330 e. The van der Waals surface area contributed by atoms with Crippen LogP contribution in [0.15, 0.2) is 48.7 Å². The number of nitrogens with zero attached hydrogens (tertiary/aromatic N) is 5. The molecule has 0 radical (unpaired) electrons. The van der Waals surface area contributed by atoms with Crippen LogP contribution in [0.5, 0.6) is 0 Å². The summed E-state index contributed by atoms with van der Waals surface area (Å²) in [6.45, 7) is 2.49. The molecule has 1 aliphatic rings. The second kappa shape index (κ2) is 10.5. The standard InChI is InChI=1S/C23H30N6.CH4/c1-28-21(26-27-23(28)19-9-3-2-4-10-19)17-29(16-6-5-14-24)20-13-7-11-18-12-8-15-25-22(18)20;/h2-4,8-10,12,15,20H,5-7,11,13-14,16-17,24H2,1H3;1H4. The maximum absolute atomic E-state index is 5.76. The molecule has 160 valence electrons. The molecule has 6 heteroatoms. The summed E-state index contributed by atoms with van der Waals surface area (Å²) in [6, 6.07) is 14.8. The minimum absolute atomic E-state index is 0. The first-order chi connectivity index (χ1) is 14.3. The zero-order valence-electron chi connectivity index (χ0n) is 17.2. The average Bonchev–Trinajstić information content (AvgIpc) is 3.13. The van der Waals surface area contributed by atoms with E-state index in [4.69, 9.17) is 10.7 Å². The fourth-order valence-electron chi connectivity index (χ4n) is 4.26. The lowest BCUT2D eigenvalue weighted by Gasteiger charge is -2.34. The first-order valence-corrected chi connectivity index (χ1v) is 10.6. The highest BCUT2D eigenvalue weighted by molar-refractivity contribution is 5.54. The summed E-state index contributed by atoms with van der Waals surface area (Å²) in [5, 5.41) is 9.01. The van der Waals surface area contributed by atoms with Crippen LogP contribution in [0.2, 0.25) is 0 Å². The van der Waals surface area contributed by atoms with E-state index in [9.17, 15) is 0 Å². The van der Waals surface area contributed by atoms with Gasteiger partial charge in [0.15, 0.2) is 5.82 Å². The average molecular weight is 407 g/mol. The molecule has 2 heterocycles. The van der Waals surface area contributed by atoms with Gasteiger partial charge in [-0.25, -0.2) is 0 Å². The number of aryl methyl sites for hydroxylation is 1. The summed E-state index contributed by atoms with van der Waals surface area (Å²) in [5.74, 6) is 1.89. The van der Waals surface area contributed by atoms with Crippen LogP contribution in [0.3, 0.4) is 0 Å². The number of hydrogen-bond donors (Lipinski definition) is 1. The van der Waals surface area contributed by atoms with E-state index in [-0.39, 0.29) is 7.43 Å². The lowest BCUT2D eigenvalue weighted by Crippen LogP contribution is -2.33. The molecule has 0 spiro atoms. The van der Waals surface area contributed by atoms with Crippen LogP contribution < -0.4 is 5.73 Å². The molecule has 0 aliphatic heterocycles. The Bertz CT molecular complexity index is 920. The van der Waals surface area contributed by atoms with Gasteiger partial charge in [0, 0.05) is 18.8 Å². The van der Waals surface area contributed by atoms with E-state index in [0.717, 1.165) is 62.5 Å². The molecule has 1 unspecified atom stereocenters. The fraction of sp³-hybridized carbons (Fsp3) is 0.458. The number of hydrogen-bond acceptors (Lipinski definition) is 5. The van der Waals surface area contributed by atoms with E-state index < -0.39 is 0 Å². The van der Waals surface area contributed by atoms with Crippen molar-refractivity contribution in [2.75, 3.05) is 13.1 Å². The molecule has 6 nitrogen and oxygen atoms in total. The third-order valence-corrected chi connectivity index (χ3v) is 5.85. The maximum atomic E-state index is 5.76. The molecule has 2 aromatic heterocycles. The highest BCUT2D eigenvalue weighted by atomic mass is 15.3. The first-order valence-electron chi connectivity index (χ1n) is 10.6. The van der Waals surface area contributed by atoms with Crippen LogP contribution in [0.25, 0.3) is 11.4 Å². The van der Waals surface area contributed by atoms with Gasteiger partial charge >= 0.3 is 0 Å². The van der Waals surface area contributed by atoms with E-state index >= 15 is 0 Å². The van der Waals surface area contributed by atoms with E-state index in [1.54, 1.807) is 0 Å². The molecule has 3 aromatic rings. The number of aromatic nitrogens is 4. The Morgan fingerprint density at radius 3 is 2.73 bits per heavy atom. The van der Waals surface area contributed by atoms with Gasteiger partial charge in [0.05, 0.1) is 18.3 Å². The Labute approximate surface area is 180 Å². The summed E-state index contributed by atoms with van der Waals surface area (Å²) in [7, 11) is 2.06. The molecule has 0 fully saturated rings. The van der Waals surface area contributed by atoms with Crippen LogP contribution in [-0.2, 0) is 20.0 Å². The lowest BCUT2D eigenvalue weighted by atomic mass is 9.90. The Kier molecular flexibility index (Phi) is 7.71. The summed E-state index contributed by atoms with van der Waals surface area (Å²) in [6.07, 6.45) is 7.50. The molecule has 0 bridgehead atoms. The van der Waals surface area contributed by atoms with Crippen LogP contribution in [-0.4, -0.2) is 37.7 Å². The number of benzene rings is 1. The van der Waals surface area contributed by atoms with Crippen LogP contribution in [0.1, 0.15) is 56.2 Å². The first kappa shape index (κ1) is 22.1. The zero-order valence-corrected chi connectivity index (χ0v) is 17.2. The minimum Gasteiger partial charge on any atom is -0.330 e. The molecular formula is C24H34N6. The molecule has 30 heavy (non-hydrogen) atoms. The molecule has 0 amide bonds. The second-order valence-corrected chi connectivity index (χ2v) is 7.79. The highest BCUT2D eigenvalue weighted by Gasteiger charge is 2.28. The van der Waals surface area contributed by atoms with Gasteiger partial charge in [-0.15, -0.1) is 10.2 Å². The van der Waals surface area contributed by atoms with Crippen molar-refractivity contribution in [3.8, 4) is 11.4 Å². The fourth-order valence-corrected chi connectivity index (χ4v) is 4.26. The van der Waals surface area contributed by atoms with Gasteiger partial charge in [0.25, 0.3) is 0 Å². The maximum Gasteiger partial charge on any atom is 0.163 e. The minimum atomic E-state index is 0. The summed E-state index contributed by atoms with van der Waals surface area (Å²) in [5.41, 5.74) is 9.47. The number of nitrogens with two attached hydrogens (primary N) is 1. The van der Waals surface area contributed by atoms with E-state index in [0.29, 0.717) is 6.04 Å². The monoisotopic (exact) mass is 406 g/mol. The normalized spacial score (nSPS) is 15.6. The van der Waals surface area contributed by atoms with Gasteiger partial charge in [-0.3, -0.25) is 9.88 Å². The van der Waals surface area contributed by atoms with Crippen molar-refractivity contribution in [2.24, 2.45) is 12.8 Å². The smallest absolute Gasteiger partial charge is 0.163 e. The van der Waals surface area contributed by atoms with Gasteiger partial charge in [-0.1, -0.05) is 43.8 Å². The lowest BCUT2D eigenvalue weighted by molar-refractivity contribution is 0.157. The van der Waals surface area contributed by atoms with Crippen molar-refractivity contribution in [1.82, 2.24) is 24.6 Å². The molecule has 4 rings (SSSR count). The number of pyridine rings is 1. The van der Waals surface area contributed by atoms with Crippen molar-refractivity contribution in [1.29, 1.82) is 0 Å². The number of unbranched alkanes of at least 4 members (excludes halogenated alkanes) is 1. The van der Waals surface area contributed by atoms with Crippen molar-refractivity contribution in [3.05, 3.63) is 65.7 Å². The topological polar surface area (TPSA) is 72.9 Å². The third-order valence-electron chi connectivity index (χ3n) is 5.85. The molecule has 2 N–H and O–H groups in total. The second-order valence-electron chi connectivity index (χ2n) is 7.79. The summed E-state index contributed by atoms with van der Waals surface area (Å²) >= 11 is 0. The van der Waals surface area contributed by atoms with Crippen molar-refractivity contribution >= 4 is 0 Å². The van der Waals surface area contributed by atoms with Gasteiger partial charge in [0.1, 0.15) is 5.82 Å². The Morgan fingerprint density at radius 1 is 1.10 bits per heavy atom. The Morgan fingerprint density at radius 2 is 1.93 bits per heavy atom. The predicted molar refractivity (Wildman–Crippen MR) is 122 cm³/mol. The van der Waals surface area contributed by atoms with Gasteiger partial charge < -0.3 is 10.3 Å². The third kappa shape index (κ3) is 4.77. The molecule has 0 saturated heterocycles. The molecule has 1 atom stereocenters. The van der Waals surface area contributed by atoms with Gasteiger partial charge in [0.2, 0.25) is 0 Å². The van der Waals surface area contributed by atoms with Gasteiger partial charge in [-0.2, -0.15) is 0 Å². The molecule has 0 saturated carbocycles. The quantitative estimate of drug-likeness (QED) is 0.569. The molecule has 1 aliphatic carbocycles. The van der Waals surface area contributed by atoms with Crippen molar-refractivity contribution < 1.29 is 0 Å². The SMILES string of the molecule is C.Cn1c(CN(CCCCN)C2CCCc3cccnc32)nnc1-c1ccccc1. The highest BCUT2D eigenvalue weighted by Crippen LogP contribution is 2.34. The Balaban J connectivity index is 0.00000256. The zero-order chi connectivity index (χ0) is 20.1. The molecular weight excluding hydrogens is 372 g/mol. The van der Waals surface area contributed by atoms with Gasteiger partial charge in [-0.05, 0) is 56.8 Å². The van der Waals surface area contributed by atoms with Crippen LogP contribution in [0.4, 0.5) is 0 Å². The van der Waals surface area contributed by atoms with Crippen LogP contribution >= 0.6 is 0 Å². The summed E-state index contributed by atoms with van der Waals surface area (Å²) < 4.78 is 2.12. The van der Waals surface area contributed by atoms with Crippen LogP contribution in [0, 0.1) is 0 Å². The van der Waals surface area contributed by atoms with E-state index in [1.807, 2.05) is 24.4 Å². The van der Waals surface area contributed by atoms with E-state index in [1.165, 1.54) is 17.7 Å². The Hall–Kier alpha value is -2.57. The van der Waals surface area contributed by atoms with Crippen molar-refractivity contribution in [3.63, 3.8) is 0 Å². The molecule has 1 aromatic carbocycles. The van der Waals surface area contributed by atoms with Crippen molar-refractivity contribution in [2.45, 2.75) is 52.1 Å². The number of fused-ring (bicyclic) bond motifs is 1. The summed E-state index contributed by atoms with van der Waals surface area (Å²) in [4.78, 5) is 7.28. The number of rotatable bonds is 8. The predicted octanol–water partition coefficient (Wildman–Crippen LogP) is 4.13. The van der Waals surface area contributed by atoms with E-state index in [2.05, 4.69) is 51.0 Å².